The Balaban J connectivity index is 3.08. The van der Waals surface area contributed by atoms with E-state index in [2.05, 4.69) is 9.97 Å². The van der Waals surface area contributed by atoms with E-state index in [1.165, 1.54) is 17.9 Å². The molecule has 2 heterocycles. The molecule has 0 radical (unpaired) electrons. The van der Waals surface area contributed by atoms with E-state index in [9.17, 15) is 9.90 Å². The summed E-state index contributed by atoms with van der Waals surface area (Å²) < 4.78 is 2.79. The van der Waals surface area contributed by atoms with E-state index in [4.69, 9.17) is 0 Å². The van der Waals surface area contributed by atoms with Crippen LogP contribution in [0.3, 0.4) is 0 Å². The Labute approximate surface area is 73.1 Å². The van der Waals surface area contributed by atoms with Crippen LogP contribution in [0.15, 0.2) is 11.1 Å². The summed E-state index contributed by atoms with van der Waals surface area (Å²) in [5.41, 5.74) is 0.144. The number of rotatable bonds is 0. The largest absolute Gasteiger partial charge is 0.857 e. The number of nitrogens with zero attached hydrogens (tertiary/aromatic N) is 4. The maximum atomic E-state index is 11.2. The highest BCUT2D eigenvalue weighted by atomic mass is 16.3. The molecule has 0 aliphatic rings. The van der Waals surface area contributed by atoms with E-state index in [-0.39, 0.29) is 0 Å². The number of imidazole rings is 1. The molecule has 0 aliphatic heterocycles. The average molecular weight is 179 g/mol. The second-order valence-electron chi connectivity index (χ2n) is 2.79. The van der Waals surface area contributed by atoms with Crippen LogP contribution < -0.4 is 10.8 Å². The molecular weight excluding hydrogens is 172 g/mol. The molecule has 0 spiro atoms. The van der Waals surface area contributed by atoms with Gasteiger partial charge in [-0.3, -0.25) is 4.57 Å². The monoisotopic (exact) mass is 179 g/mol. The molecule has 0 amide bonds. The molecule has 0 atom stereocenters. The third-order valence-corrected chi connectivity index (χ3v) is 1.92. The third-order valence-electron chi connectivity index (χ3n) is 1.92. The standard InChI is InChI=1S/C7H8N4O2/c1-10-3-8-5-4(10)6(12)9-7(13)11(5)2/h3H,1-2H3,(H,9,12,13)/p-1. The lowest BCUT2D eigenvalue weighted by atomic mass is 10.5. The quantitative estimate of drug-likeness (QED) is 0.506. The smallest absolute Gasteiger partial charge is 0.348 e. The van der Waals surface area contributed by atoms with Gasteiger partial charge in [-0.1, -0.05) is 0 Å². The molecule has 0 aromatic carbocycles. The van der Waals surface area contributed by atoms with Crippen LogP contribution in [0.1, 0.15) is 0 Å². The number of aryl methyl sites for hydroxylation is 2. The van der Waals surface area contributed by atoms with Gasteiger partial charge >= 0.3 is 5.69 Å². The SMILES string of the molecule is Cn1cnc2c1c([O-])nc(=O)n2C. The van der Waals surface area contributed by atoms with E-state index in [1.54, 1.807) is 11.6 Å². The predicted octanol–water partition coefficient (Wildman–Crippen LogP) is -1.26. The van der Waals surface area contributed by atoms with Crippen LogP contribution in [-0.2, 0) is 14.1 Å². The zero-order chi connectivity index (χ0) is 9.59. The molecule has 0 saturated carbocycles. The Hall–Kier alpha value is -1.85. The first-order valence-electron chi connectivity index (χ1n) is 3.66. The van der Waals surface area contributed by atoms with Crippen LogP contribution in [0.2, 0.25) is 0 Å². The highest BCUT2D eigenvalue weighted by molar-refractivity contribution is 5.75. The van der Waals surface area contributed by atoms with Gasteiger partial charge in [0, 0.05) is 20.0 Å². The fourth-order valence-electron chi connectivity index (χ4n) is 1.22. The summed E-state index contributed by atoms with van der Waals surface area (Å²) in [5.74, 6) is -0.530. The molecule has 6 heteroatoms. The summed E-state index contributed by atoms with van der Waals surface area (Å²) in [6.45, 7) is 0. The maximum absolute atomic E-state index is 11.2. The Bertz CT molecular complexity index is 525. The molecule has 6 nitrogen and oxygen atoms in total. The molecule has 0 bridgehead atoms. The second-order valence-corrected chi connectivity index (χ2v) is 2.79. The Morgan fingerprint density at radius 1 is 1.46 bits per heavy atom. The molecule has 2 aromatic heterocycles. The average Bonchev–Trinajstić information content (AvgIpc) is 2.44. The Morgan fingerprint density at radius 2 is 2.15 bits per heavy atom. The molecule has 0 aliphatic carbocycles. The molecule has 2 aromatic rings. The van der Waals surface area contributed by atoms with Crippen molar-refractivity contribution in [2.75, 3.05) is 0 Å². The topological polar surface area (TPSA) is 75.8 Å². The third kappa shape index (κ3) is 0.915. The summed E-state index contributed by atoms with van der Waals surface area (Å²) in [5, 5.41) is 11.2. The van der Waals surface area contributed by atoms with Crippen LogP contribution in [0, 0.1) is 0 Å². The van der Waals surface area contributed by atoms with Gasteiger partial charge in [0.2, 0.25) is 0 Å². The number of hydrogen-bond acceptors (Lipinski definition) is 4. The molecular formula is C7H7N4O2-. The molecule has 0 fully saturated rings. The highest BCUT2D eigenvalue weighted by Gasteiger charge is 2.05. The van der Waals surface area contributed by atoms with Crippen molar-refractivity contribution >= 4 is 11.2 Å². The minimum atomic E-state index is -0.573. The summed E-state index contributed by atoms with van der Waals surface area (Å²) >= 11 is 0. The lowest BCUT2D eigenvalue weighted by Gasteiger charge is -2.07. The normalized spacial score (nSPS) is 10.9. The van der Waals surface area contributed by atoms with Crippen molar-refractivity contribution in [2.24, 2.45) is 14.1 Å². The van der Waals surface area contributed by atoms with Crippen molar-refractivity contribution in [1.29, 1.82) is 0 Å². The van der Waals surface area contributed by atoms with Crippen molar-refractivity contribution in [3.8, 4) is 5.88 Å². The van der Waals surface area contributed by atoms with E-state index in [0.717, 1.165) is 0 Å². The van der Waals surface area contributed by atoms with Gasteiger partial charge in [0.15, 0.2) is 5.65 Å². The first-order chi connectivity index (χ1) is 6.11. The van der Waals surface area contributed by atoms with E-state index in [1.807, 2.05) is 0 Å². The zero-order valence-corrected chi connectivity index (χ0v) is 7.18. The molecule has 2 rings (SSSR count). The lowest BCUT2D eigenvalue weighted by molar-refractivity contribution is -0.273. The van der Waals surface area contributed by atoms with Crippen molar-refractivity contribution < 1.29 is 5.11 Å². The van der Waals surface area contributed by atoms with Crippen LogP contribution >= 0.6 is 0 Å². The van der Waals surface area contributed by atoms with Crippen LogP contribution in [-0.4, -0.2) is 19.1 Å². The highest BCUT2D eigenvalue weighted by Crippen LogP contribution is 2.14. The van der Waals surface area contributed by atoms with Gasteiger partial charge in [-0.25, -0.2) is 14.8 Å². The zero-order valence-electron chi connectivity index (χ0n) is 7.18. The van der Waals surface area contributed by atoms with Gasteiger partial charge in [0.25, 0.3) is 0 Å². The van der Waals surface area contributed by atoms with Crippen molar-refractivity contribution in [2.45, 2.75) is 0 Å². The van der Waals surface area contributed by atoms with Gasteiger partial charge in [-0.2, -0.15) is 0 Å². The lowest BCUT2D eigenvalue weighted by Crippen LogP contribution is -2.22. The summed E-state index contributed by atoms with van der Waals surface area (Å²) in [7, 11) is 3.22. The van der Waals surface area contributed by atoms with Crippen molar-refractivity contribution in [3.63, 3.8) is 0 Å². The maximum Gasteiger partial charge on any atom is 0.348 e. The van der Waals surface area contributed by atoms with Crippen LogP contribution in [0.5, 0.6) is 5.88 Å². The summed E-state index contributed by atoms with van der Waals surface area (Å²) in [6, 6.07) is 0. The number of fused-ring (bicyclic) bond motifs is 1. The first-order valence-corrected chi connectivity index (χ1v) is 3.66. The second kappa shape index (κ2) is 2.32. The molecule has 13 heavy (non-hydrogen) atoms. The fourth-order valence-corrected chi connectivity index (χ4v) is 1.22. The van der Waals surface area contributed by atoms with Gasteiger partial charge < -0.3 is 9.67 Å². The van der Waals surface area contributed by atoms with Crippen LogP contribution in [0.25, 0.3) is 11.2 Å². The minimum Gasteiger partial charge on any atom is -0.857 e. The Kier molecular flexibility index (Phi) is 1.39. The first kappa shape index (κ1) is 7.78. The Morgan fingerprint density at radius 3 is 2.85 bits per heavy atom. The van der Waals surface area contributed by atoms with Crippen molar-refractivity contribution in [1.82, 2.24) is 19.1 Å². The molecule has 0 N–H and O–H groups in total. The van der Waals surface area contributed by atoms with Crippen molar-refractivity contribution in [3.05, 3.63) is 16.8 Å². The fraction of sp³-hybridized carbons (Fsp3) is 0.286. The van der Waals surface area contributed by atoms with Gasteiger partial charge in [-0.05, 0) is 0 Å². The van der Waals surface area contributed by atoms with Crippen LogP contribution in [0.4, 0.5) is 0 Å². The predicted molar refractivity (Wildman–Crippen MR) is 43.2 cm³/mol. The molecule has 0 unspecified atom stereocenters. The van der Waals surface area contributed by atoms with E-state index >= 15 is 0 Å². The van der Waals surface area contributed by atoms with E-state index in [0.29, 0.717) is 11.2 Å². The summed E-state index contributed by atoms with van der Waals surface area (Å²) in [4.78, 5) is 18.3. The number of aromatic nitrogens is 4. The number of hydrogen-bond donors (Lipinski definition) is 0. The summed E-state index contributed by atoms with van der Waals surface area (Å²) in [6.07, 6.45) is 1.48. The van der Waals surface area contributed by atoms with Gasteiger partial charge in [0.1, 0.15) is 0 Å². The minimum absolute atomic E-state index is 0.349. The van der Waals surface area contributed by atoms with Gasteiger partial charge in [-0.15, -0.1) is 0 Å². The van der Waals surface area contributed by atoms with Gasteiger partial charge in [0.05, 0.1) is 11.8 Å². The molecule has 0 saturated heterocycles. The van der Waals surface area contributed by atoms with E-state index < -0.39 is 11.6 Å². The molecule has 68 valence electrons.